The van der Waals surface area contributed by atoms with E-state index in [0.717, 1.165) is 16.7 Å². The number of ether oxygens (including phenoxy) is 1. The molecule has 0 bridgehead atoms. The van der Waals surface area contributed by atoms with Gasteiger partial charge in [0, 0.05) is 22.3 Å². The fourth-order valence-electron chi connectivity index (χ4n) is 2.94. The van der Waals surface area contributed by atoms with Gasteiger partial charge < -0.3 is 9.84 Å². The highest BCUT2D eigenvalue weighted by atomic mass is 16.6. The van der Waals surface area contributed by atoms with Crippen molar-refractivity contribution >= 4 is 11.9 Å². The van der Waals surface area contributed by atoms with Gasteiger partial charge in [-0.25, -0.2) is 9.59 Å². The molecule has 5 heteroatoms. The van der Waals surface area contributed by atoms with Gasteiger partial charge in [-0.2, -0.15) is 5.26 Å². The van der Waals surface area contributed by atoms with E-state index in [-0.39, 0.29) is 11.1 Å². The quantitative estimate of drug-likeness (QED) is 0.252. The van der Waals surface area contributed by atoms with Crippen LogP contribution in [0.4, 0.5) is 0 Å². The summed E-state index contributed by atoms with van der Waals surface area (Å²) in [5, 5.41) is 17.0. The maximum atomic E-state index is 12.6. The van der Waals surface area contributed by atoms with Gasteiger partial charge in [0.2, 0.25) is 0 Å². The van der Waals surface area contributed by atoms with Crippen LogP contribution in [-0.4, -0.2) is 17.0 Å². The fraction of sp³-hybridized carbons (Fsp3) is 0.0741. The minimum atomic E-state index is -1.18. The van der Waals surface area contributed by atoms with Crippen molar-refractivity contribution in [3.8, 4) is 6.07 Å². The summed E-state index contributed by atoms with van der Waals surface area (Å²) in [5.74, 6) is -1.68. The number of benzene rings is 3. The highest BCUT2D eigenvalue weighted by Crippen LogP contribution is 2.40. The predicted molar refractivity (Wildman–Crippen MR) is 123 cm³/mol. The summed E-state index contributed by atoms with van der Waals surface area (Å²) < 4.78 is 5.99. The molecule has 1 N–H and O–H groups in total. The Labute approximate surface area is 187 Å². The van der Waals surface area contributed by atoms with E-state index < -0.39 is 17.5 Å². The molecule has 0 aliphatic rings. The van der Waals surface area contributed by atoms with Crippen molar-refractivity contribution in [3.63, 3.8) is 0 Å². The van der Waals surface area contributed by atoms with Crippen molar-refractivity contribution in [1.29, 1.82) is 5.26 Å². The van der Waals surface area contributed by atoms with E-state index in [9.17, 15) is 9.59 Å². The average Bonchev–Trinajstić information content (AvgIpc) is 2.83. The number of rotatable bonds is 6. The summed E-state index contributed by atoms with van der Waals surface area (Å²) in [6.45, 7) is 8.10. The number of nitriles is 1. The van der Waals surface area contributed by atoms with Crippen LogP contribution in [0.15, 0.2) is 115 Å². The standard InChI is InChI=1S/C23H17NO2.C4H6O2/c1-18(17-24)22(25)26-23(19-11-5-2-6-12-19,20-13-7-3-8-14-20)21-15-9-4-10-16-21;1-3(2)4(5)6/h2-16H,1H2;1H2,2H3,(H,5,6). The number of esters is 1. The average molecular weight is 425 g/mol. The zero-order chi connectivity index (χ0) is 23.6. The number of aliphatic carboxylic acids is 1. The molecule has 0 atom stereocenters. The molecule has 0 spiro atoms. The first-order valence-electron chi connectivity index (χ1n) is 9.70. The zero-order valence-electron chi connectivity index (χ0n) is 17.7. The molecule has 0 fully saturated rings. The molecule has 0 radical (unpaired) electrons. The van der Waals surface area contributed by atoms with Crippen LogP contribution >= 0.6 is 0 Å². The van der Waals surface area contributed by atoms with E-state index in [4.69, 9.17) is 15.1 Å². The summed E-state index contributed by atoms with van der Waals surface area (Å²) in [7, 11) is 0. The second kappa shape index (κ2) is 11.1. The second-order valence-electron chi connectivity index (χ2n) is 6.84. The Hall–Kier alpha value is -4.43. The Balaban J connectivity index is 0.000000534. The van der Waals surface area contributed by atoms with Gasteiger partial charge in [0.25, 0.3) is 0 Å². The molecular weight excluding hydrogens is 402 g/mol. The third-order valence-electron chi connectivity index (χ3n) is 4.53. The normalized spacial score (nSPS) is 10.0. The van der Waals surface area contributed by atoms with Gasteiger partial charge in [0.15, 0.2) is 5.60 Å². The number of hydrogen-bond acceptors (Lipinski definition) is 4. The largest absolute Gasteiger partial charge is 0.478 e. The van der Waals surface area contributed by atoms with Crippen LogP contribution in [0.5, 0.6) is 0 Å². The third-order valence-corrected chi connectivity index (χ3v) is 4.53. The molecule has 0 amide bonds. The Bertz CT molecular complexity index is 1020. The minimum Gasteiger partial charge on any atom is -0.478 e. The summed E-state index contributed by atoms with van der Waals surface area (Å²) in [6.07, 6.45) is 0. The highest BCUT2D eigenvalue weighted by Gasteiger charge is 2.40. The van der Waals surface area contributed by atoms with Crippen LogP contribution in [0.1, 0.15) is 23.6 Å². The SMILES string of the molecule is C=C(C#N)C(=O)OC(c1ccccc1)(c1ccccc1)c1ccccc1.C=C(C)C(=O)O. The van der Waals surface area contributed by atoms with Crippen molar-refractivity contribution in [2.24, 2.45) is 0 Å². The summed E-state index contributed by atoms with van der Waals surface area (Å²) in [6, 6.07) is 30.3. The van der Waals surface area contributed by atoms with Crippen LogP contribution in [0, 0.1) is 11.3 Å². The second-order valence-corrected chi connectivity index (χ2v) is 6.84. The van der Waals surface area contributed by atoms with Crippen molar-refractivity contribution in [2.75, 3.05) is 0 Å². The van der Waals surface area contributed by atoms with Gasteiger partial charge in [-0.3, -0.25) is 0 Å². The Morgan fingerprint density at radius 2 is 1.12 bits per heavy atom. The van der Waals surface area contributed by atoms with Crippen molar-refractivity contribution < 1.29 is 19.4 Å². The number of carboxylic acids is 1. The molecule has 0 saturated carbocycles. The lowest BCUT2D eigenvalue weighted by Crippen LogP contribution is -2.35. The maximum Gasteiger partial charge on any atom is 0.349 e. The Kier molecular flexibility index (Phi) is 8.27. The zero-order valence-corrected chi connectivity index (χ0v) is 17.7. The van der Waals surface area contributed by atoms with Gasteiger partial charge in [-0.1, -0.05) is 104 Å². The van der Waals surface area contributed by atoms with Crippen LogP contribution in [0.2, 0.25) is 0 Å². The van der Waals surface area contributed by atoms with E-state index in [1.54, 1.807) is 6.07 Å². The number of carbonyl (C=O) groups is 2. The van der Waals surface area contributed by atoms with Crippen LogP contribution in [0.25, 0.3) is 0 Å². The summed E-state index contributed by atoms with van der Waals surface area (Å²) in [4.78, 5) is 22.2. The van der Waals surface area contributed by atoms with E-state index >= 15 is 0 Å². The molecule has 32 heavy (non-hydrogen) atoms. The lowest BCUT2D eigenvalue weighted by atomic mass is 9.80. The number of nitrogens with zero attached hydrogens (tertiary/aromatic N) is 1. The van der Waals surface area contributed by atoms with Crippen molar-refractivity contribution in [2.45, 2.75) is 12.5 Å². The van der Waals surface area contributed by atoms with E-state index in [2.05, 4.69) is 13.2 Å². The molecule has 160 valence electrons. The lowest BCUT2D eigenvalue weighted by Gasteiger charge is -2.35. The minimum absolute atomic E-state index is 0.176. The molecule has 0 heterocycles. The fourth-order valence-corrected chi connectivity index (χ4v) is 2.94. The van der Waals surface area contributed by atoms with E-state index in [1.165, 1.54) is 6.92 Å². The molecule has 3 rings (SSSR count). The molecule has 3 aromatic rings. The molecule has 0 saturated heterocycles. The first kappa shape index (κ1) is 23.8. The number of carboxylic acid groups (broad SMARTS) is 1. The highest BCUT2D eigenvalue weighted by molar-refractivity contribution is 5.92. The Morgan fingerprint density at radius 3 is 1.38 bits per heavy atom. The topological polar surface area (TPSA) is 87.4 Å². The molecule has 5 nitrogen and oxygen atoms in total. The molecule has 0 aromatic heterocycles. The predicted octanol–water partition coefficient (Wildman–Crippen LogP) is 5.25. The first-order valence-corrected chi connectivity index (χ1v) is 9.70. The summed E-state index contributed by atoms with van der Waals surface area (Å²) >= 11 is 0. The third kappa shape index (κ3) is 5.59. The Morgan fingerprint density at radius 1 is 0.812 bits per heavy atom. The summed E-state index contributed by atoms with van der Waals surface area (Å²) in [5.41, 5.74) is 1.12. The number of carbonyl (C=O) groups excluding carboxylic acids is 1. The van der Waals surface area contributed by atoms with Gasteiger partial charge in [0.1, 0.15) is 11.6 Å². The van der Waals surface area contributed by atoms with Crippen LogP contribution < -0.4 is 0 Å². The molecule has 3 aromatic carbocycles. The molecular formula is C27H23NO4. The van der Waals surface area contributed by atoms with Gasteiger partial charge >= 0.3 is 11.9 Å². The molecule has 0 unspecified atom stereocenters. The van der Waals surface area contributed by atoms with Crippen molar-refractivity contribution in [3.05, 3.63) is 132 Å². The monoisotopic (exact) mass is 425 g/mol. The van der Waals surface area contributed by atoms with E-state index in [1.807, 2.05) is 91.0 Å². The molecule has 0 aliphatic carbocycles. The van der Waals surface area contributed by atoms with Gasteiger partial charge in [-0.15, -0.1) is 0 Å². The van der Waals surface area contributed by atoms with Crippen LogP contribution in [-0.2, 0) is 19.9 Å². The maximum absolute atomic E-state index is 12.6. The van der Waals surface area contributed by atoms with Gasteiger partial charge in [0.05, 0.1) is 0 Å². The van der Waals surface area contributed by atoms with Crippen LogP contribution in [0.3, 0.4) is 0 Å². The molecule has 0 aliphatic heterocycles. The number of hydrogen-bond donors (Lipinski definition) is 1. The van der Waals surface area contributed by atoms with E-state index in [0.29, 0.717) is 0 Å². The first-order chi connectivity index (χ1) is 15.3. The van der Waals surface area contributed by atoms with Crippen molar-refractivity contribution in [1.82, 2.24) is 0 Å². The smallest absolute Gasteiger partial charge is 0.349 e. The van der Waals surface area contributed by atoms with Gasteiger partial charge in [-0.05, 0) is 6.92 Å². The lowest BCUT2D eigenvalue weighted by molar-refractivity contribution is -0.148.